The maximum Gasteiger partial charge on any atom is 0.417 e. The van der Waals surface area contributed by atoms with Crippen LogP contribution < -0.4 is 20.3 Å². The molecule has 1 aromatic rings. The minimum atomic E-state index is -4.88. The zero-order valence-electron chi connectivity index (χ0n) is 22.0. The zero-order chi connectivity index (χ0) is 27.5. The van der Waals surface area contributed by atoms with Crippen molar-refractivity contribution in [1.82, 2.24) is 15.5 Å². The fraction of sp³-hybridized carbons (Fsp3) is 0.640. The lowest BCUT2D eigenvalue weighted by Gasteiger charge is -2.41. The molecule has 1 aromatic carbocycles. The lowest BCUT2D eigenvalue weighted by Crippen LogP contribution is -2.58. The second-order valence-corrected chi connectivity index (χ2v) is 9.82. The van der Waals surface area contributed by atoms with Crippen molar-refractivity contribution in [3.63, 3.8) is 0 Å². The number of alkyl halides is 3. The third-order valence-corrected chi connectivity index (χ3v) is 6.69. The summed E-state index contributed by atoms with van der Waals surface area (Å²) in [5.74, 6) is -2.02. The van der Waals surface area contributed by atoms with Crippen molar-refractivity contribution >= 4 is 35.8 Å². The Morgan fingerprint density at radius 1 is 1.34 bits per heavy atom. The molecule has 0 radical (unpaired) electrons. The van der Waals surface area contributed by atoms with E-state index < -0.39 is 41.3 Å². The second kappa shape index (κ2) is 12.5. The van der Waals surface area contributed by atoms with Gasteiger partial charge in [-0.2, -0.15) is 13.2 Å². The molecule has 0 spiro atoms. The van der Waals surface area contributed by atoms with Crippen molar-refractivity contribution in [2.24, 2.45) is 0 Å². The highest BCUT2D eigenvalue weighted by Gasteiger charge is 2.47. The third kappa shape index (κ3) is 6.52. The van der Waals surface area contributed by atoms with E-state index in [-0.39, 0.29) is 61.3 Å². The molecule has 2 heterocycles. The smallest absolute Gasteiger partial charge is 0.417 e. The minimum absolute atomic E-state index is 0. The lowest BCUT2D eigenvalue weighted by molar-refractivity contribution is -0.139. The van der Waals surface area contributed by atoms with Gasteiger partial charge in [-0.05, 0) is 52.3 Å². The minimum Gasteiger partial charge on any atom is -0.473 e. The Hall–Kier alpha value is -2.57. The summed E-state index contributed by atoms with van der Waals surface area (Å²) in [6, 6.07) is 1.11. The predicted octanol–water partition coefficient (Wildman–Crippen LogP) is 2.73. The number of rotatable bonds is 8. The van der Waals surface area contributed by atoms with E-state index in [1.807, 2.05) is 0 Å². The molecule has 38 heavy (non-hydrogen) atoms. The highest BCUT2D eigenvalue weighted by molar-refractivity contribution is 6.05. The Balaban J connectivity index is 0.00000507. The molecular weight excluding hydrogens is 529 g/mol. The first kappa shape index (κ1) is 31.6. The Kier molecular flexibility index (Phi) is 10.4. The van der Waals surface area contributed by atoms with Crippen LogP contribution in [-0.4, -0.2) is 78.2 Å². The van der Waals surface area contributed by atoms with Crippen molar-refractivity contribution in [3.8, 4) is 5.75 Å². The van der Waals surface area contributed by atoms with Crippen molar-refractivity contribution in [2.75, 3.05) is 37.7 Å². The number of amides is 3. The molecule has 0 aromatic heterocycles. The summed E-state index contributed by atoms with van der Waals surface area (Å²) in [6.45, 7) is 6.84. The fourth-order valence-electron chi connectivity index (χ4n) is 4.74. The van der Waals surface area contributed by atoms with Gasteiger partial charge in [0.1, 0.15) is 5.75 Å². The van der Waals surface area contributed by atoms with E-state index in [1.54, 1.807) is 20.8 Å². The number of nitrogens with one attached hydrogen (secondary N) is 2. The average molecular weight is 565 g/mol. The van der Waals surface area contributed by atoms with E-state index in [0.717, 1.165) is 30.0 Å². The number of fused-ring (bicyclic) bond motifs is 1. The second-order valence-electron chi connectivity index (χ2n) is 9.82. The topological polar surface area (TPSA) is 111 Å². The largest absolute Gasteiger partial charge is 0.473 e. The van der Waals surface area contributed by atoms with Gasteiger partial charge in [0.2, 0.25) is 11.5 Å². The summed E-state index contributed by atoms with van der Waals surface area (Å²) in [4.78, 5) is 41.3. The van der Waals surface area contributed by atoms with E-state index in [0.29, 0.717) is 13.0 Å². The summed E-state index contributed by atoms with van der Waals surface area (Å²) in [5.41, 5.74) is -3.62. The van der Waals surface area contributed by atoms with Gasteiger partial charge < -0.3 is 30.3 Å². The van der Waals surface area contributed by atoms with Crippen LogP contribution in [0, 0.1) is 0 Å². The molecule has 3 amide bonds. The van der Waals surface area contributed by atoms with Crippen LogP contribution in [0.25, 0.3) is 0 Å². The maximum atomic E-state index is 14.2. The quantitative estimate of drug-likeness (QED) is 0.448. The van der Waals surface area contributed by atoms with Gasteiger partial charge in [0.15, 0.2) is 0 Å². The molecular formula is C25H36ClF3N4O5. The highest BCUT2D eigenvalue weighted by atomic mass is 35.5. The lowest BCUT2D eigenvalue weighted by atomic mass is 9.96. The number of anilines is 1. The van der Waals surface area contributed by atoms with Gasteiger partial charge >= 0.3 is 6.18 Å². The summed E-state index contributed by atoms with van der Waals surface area (Å²) < 4.78 is 48.3. The molecule has 1 saturated heterocycles. The first-order valence-electron chi connectivity index (χ1n) is 12.5. The molecule has 0 bridgehead atoms. The van der Waals surface area contributed by atoms with E-state index in [1.165, 1.54) is 11.8 Å². The Bertz CT molecular complexity index is 1030. The molecule has 3 rings (SSSR count). The van der Waals surface area contributed by atoms with Crippen molar-refractivity contribution in [2.45, 2.75) is 70.8 Å². The van der Waals surface area contributed by atoms with Gasteiger partial charge in [-0.15, -0.1) is 12.4 Å². The number of aliphatic hydroxyl groups is 1. The molecule has 0 saturated carbocycles. The summed E-state index contributed by atoms with van der Waals surface area (Å²) >= 11 is 0. The molecule has 1 unspecified atom stereocenters. The van der Waals surface area contributed by atoms with Crippen molar-refractivity contribution < 1.29 is 37.4 Å². The molecule has 2 atom stereocenters. The van der Waals surface area contributed by atoms with Gasteiger partial charge in [0.25, 0.3) is 11.8 Å². The van der Waals surface area contributed by atoms with Crippen LogP contribution in [0.15, 0.2) is 12.1 Å². The number of hydrogen-bond donors (Lipinski definition) is 3. The number of piperidine rings is 1. The summed E-state index contributed by atoms with van der Waals surface area (Å²) in [7, 11) is 0. The molecule has 214 valence electrons. The maximum absolute atomic E-state index is 14.2. The SMILES string of the molecule is CCC(=O)NCCN1C(=O)C(C)(CO)Oc2cc(C(F)(F)F)c(C(=O)N(C(C)C)[C@@H]3CCCNC3)cc21.Cl. The number of halogens is 4. The number of ether oxygens (including phenoxy) is 1. The Labute approximate surface area is 226 Å². The van der Waals surface area contributed by atoms with Crippen molar-refractivity contribution in [3.05, 3.63) is 23.3 Å². The van der Waals surface area contributed by atoms with Crippen LogP contribution >= 0.6 is 12.4 Å². The molecule has 2 aliphatic rings. The highest BCUT2D eigenvalue weighted by Crippen LogP contribution is 2.44. The molecule has 0 aliphatic carbocycles. The van der Waals surface area contributed by atoms with E-state index in [2.05, 4.69) is 10.6 Å². The number of carbonyl (C=O) groups excluding carboxylic acids is 3. The van der Waals surface area contributed by atoms with Gasteiger partial charge in [-0.3, -0.25) is 14.4 Å². The number of nitrogens with zero attached hydrogens (tertiary/aromatic N) is 2. The summed E-state index contributed by atoms with van der Waals surface area (Å²) in [6.07, 6.45) is -3.22. The van der Waals surface area contributed by atoms with Gasteiger partial charge in [-0.25, -0.2) is 0 Å². The van der Waals surface area contributed by atoms with Crippen LogP contribution in [0.5, 0.6) is 5.75 Å². The van der Waals surface area contributed by atoms with Gasteiger partial charge in [-0.1, -0.05) is 6.92 Å². The Morgan fingerprint density at radius 3 is 2.55 bits per heavy atom. The Morgan fingerprint density at radius 2 is 2.03 bits per heavy atom. The molecule has 9 nitrogen and oxygen atoms in total. The number of carbonyl (C=O) groups is 3. The molecule has 13 heteroatoms. The fourth-order valence-corrected chi connectivity index (χ4v) is 4.74. The molecule has 3 N–H and O–H groups in total. The van der Waals surface area contributed by atoms with Crippen LogP contribution in [0.3, 0.4) is 0 Å². The van der Waals surface area contributed by atoms with Crippen molar-refractivity contribution in [1.29, 1.82) is 0 Å². The summed E-state index contributed by atoms with van der Waals surface area (Å²) in [5, 5.41) is 15.7. The first-order chi connectivity index (χ1) is 17.3. The number of aliphatic hydroxyl groups excluding tert-OH is 1. The van der Waals surface area contributed by atoms with E-state index >= 15 is 0 Å². The van der Waals surface area contributed by atoms with Crippen LogP contribution in [0.1, 0.15) is 62.9 Å². The third-order valence-electron chi connectivity index (χ3n) is 6.69. The standard InChI is InChI=1S/C25H35F3N4O5.ClH/c1-5-21(34)30-9-10-31-19-11-17(22(35)32(15(2)3)16-7-6-8-29-13-16)18(25(26,27)28)12-20(19)37-24(4,14-33)23(31)36;/h11-12,15-16,29,33H,5-10,13-14H2,1-4H3,(H,30,34);1H/t16-,24?;/m1./s1. The normalized spacial score (nSPS) is 21.3. The average Bonchev–Trinajstić information content (AvgIpc) is 2.85. The van der Waals surface area contributed by atoms with E-state index in [4.69, 9.17) is 4.74 Å². The molecule has 1 fully saturated rings. The number of hydrogen-bond acceptors (Lipinski definition) is 6. The van der Waals surface area contributed by atoms with E-state index in [9.17, 15) is 32.7 Å². The van der Waals surface area contributed by atoms with Crippen LogP contribution in [-0.2, 0) is 15.8 Å². The zero-order valence-corrected chi connectivity index (χ0v) is 22.8. The van der Waals surface area contributed by atoms with Crippen LogP contribution in [0.4, 0.5) is 18.9 Å². The predicted molar refractivity (Wildman–Crippen MR) is 138 cm³/mol. The van der Waals surface area contributed by atoms with Crippen LogP contribution in [0.2, 0.25) is 0 Å². The number of benzene rings is 1. The molecule has 2 aliphatic heterocycles. The van der Waals surface area contributed by atoms with Gasteiger partial charge in [0.05, 0.1) is 23.4 Å². The monoisotopic (exact) mass is 564 g/mol. The first-order valence-corrected chi connectivity index (χ1v) is 12.5. The van der Waals surface area contributed by atoms with Gasteiger partial charge in [0, 0.05) is 38.1 Å².